The second kappa shape index (κ2) is 8.25. The number of hydrogen-bond acceptors (Lipinski definition) is 2. The van der Waals surface area contributed by atoms with Gasteiger partial charge < -0.3 is 10.2 Å². The van der Waals surface area contributed by atoms with Gasteiger partial charge in [0.1, 0.15) is 0 Å². The molecular formula is C12H28N2. The van der Waals surface area contributed by atoms with Crippen LogP contribution in [-0.2, 0) is 0 Å². The van der Waals surface area contributed by atoms with Crippen molar-refractivity contribution >= 4 is 0 Å². The zero-order chi connectivity index (χ0) is 11.0. The number of rotatable bonds is 8. The van der Waals surface area contributed by atoms with Crippen LogP contribution in [0, 0.1) is 5.92 Å². The van der Waals surface area contributed by atoms with E-state index in [1.54, 1.807) is 0 Å². The van der Waals surface area contributed by atoms with Crippen LogP contribution in [0.2, 0.25) is 0 Å². The summed E-state index contributed by atoms with van der Waals surface area (Å²) in [5.41, 5.74) is 0. The minimum absolute atomic E-state index is 0.726. The Balaban J connectivity index is 3.79. The average Bonchev–Trinajstić information content (AvgIpc) is 2.21. The van der Waals surface area contributed by atoms with Gasteiger partial charge >= 0.3 is 0 Å². The van der Waals surface area contributed by atoms with E-state index in [0.29, 0.717) is 0 Å². The Bertz CT molecular complexity index is 125. The molecule has 0 aromatic heterocycles. The minimum Gasteiger partial charge on any atom is -0.317 e. The summed E-state index contributed by atoms with van der Waals surface area (Å²) in [5, 5.41) is 3.41. The van der Waals surface area contributed by atoms with E-state index >= 15 is 0 Å². The van der Waals surface area contributed by atoms with Gasteiger partial charge in [-0.25, -0.2) is 0 Å². The molecule has 0 saturated carbocycles. The molecule has 2 heteroatoms. The lowest BCUT2D eigenvalue weighted by atomic mass is 10.1. The van der Waals surface area contributed by atoms with Gasteiger partial charge in [-0.2, -0.15) is 0 Å². The van der Waals surface area contributed by atoms with Crippen LogP contribution in [0.3, 0.4) is 0 Å². The molecule has 2 unspecified atom stereocenters. The molecule has 1 N–H and O–H groups in total. The molecule has 14 heavy (non-hydrogen) atoms. The highest BCUT2D eigenvalue weighted by Crippen LogP contribution is 2.06. The highest BCUT2D eigenvalue weighted by atomic mass is 15.1. The van der Waals surface area contributed by atoms with Gasteiger partial charge in [-0.15, -0.1) is 0 Å². The van der Waals surface area contributed by atoms with E-state index in [-0.39, 0.29) is 0 Å². The zero-order valence-corrected chi connectivity index (χ0v) is 10.6. The Morgan fingerprint density at radius 3 is 2.21 bits per heavy atom. The highest BCUT2D eigenvalue weighted by Gasteiger charge is 2.12. The van der Waals surface area contributed by atoms with E-state index in [2.05, 4.69) is 44.8 Å². The van der Waals surface area contributed by atoms with Crippen LogP contribution in [0.25, 0.3) is 0 Å². The fourth-order valence-corrected chi connectivity index (χ4v) is 1.73. The number of nitrogens with zero attached hydrogens (tertiary/aromatic N) is 1. The summed E-state index contributed by atoms with van der Waals surface area (Å²) < 4.78 is 0. The molecule has 86 valence electrons. The molecule has 0 rings (SSSR count). The van der Waals surface area contributed by atoms with Crippen LogP contribution < -0.4 is 5.32 Å². The lowest BCUT2D eigenvalue weighted by molar-refractivity contribution is 0.185. The summed E-state index contributed by atoms with van der Waals surface area (Å²) in [6, 6.07) is 0.726. The van der Waals surface area contributed by atoms with Crippen molar-refractivity contribution in [3.05, 3.63) is 0 Å². The lowest BCUT2D eigenvalue weighted by Gasteiger charge is -2.29. The van der Waals surface area contributed by atoms with Gasteiger partial charge in [-0.1, -0.05) is 27.7 Å². The summed E-state index contributed by atoms with van der Waals surface area (Å²) in [7, 11) is 0. The predicted molar refractivity (Wildman–Crippen MR) is 64.7 cm³/mol. The quantitative estimate of drug-likeness (QED) is 0.647. The average molecular weight is 200 g/mol. The summed E-state index contributed by atoms with van der Waals surface area (Å²) in [4.78, 5) is 2.57. The third-order valence-corrected chi connectivity index (χ3v) is 2.91. The third-order valence-electron chi connectivity index (χ3n) is 2.91. The van der Waals surface area contributed by atoms with Crippen molar-refractivity contribution in [2.75, 3.05) is 26.2 Å². The van der Waals surface area contributed by atoms with Crippen molar-refractivity contribution < 1.29 is 0 Å². The second-order valence-electron chi connectivity index (χ2n) is 4.26. The zero-order valence-electron chi connectivity index (χ0n) is 10.6. The first-order valence-corrected chi connectivity index (χ1v) is 6.10. The van der Waals surface area contributed by atoms with Crippen molar-refractivity contribution in [3.63, 3.8) is 0 Å². The molecule has 2 atom stereocenters. The van der Waals surface area contributed by atoms with Gasteiger partial charge in [0, 0.05) is 12.6 Å². The summed E-state index contributed by atoms with van der Waals surface area (Å²) in [6.07, 6.45) is 1.25. The Hall–Kier alpha value is -0.0800. The summed E-state index contributed by atoms with van der Waals surface area (Å²) >= 11 is 0. The second-order valence-corrected chi connectivity index (χ2v) is 4.26. The largest absolute Gasteiger partial charge is 0.317 e. The molecule has 0 bridgehead atoms. The van der Waals surface area contributed by atoms with Crippen LogP contribution in [0.5, 0.6) is 0 Å². The Morgan fingerprint density at radius 1 is 1.14 bits per heavy atom. The van der Waals surface area contributed by atoms with Crippen LogP contribution in [0.1, 0.15) is 41.0 Å². The van der Waals surface area contributed by atoms with Crippen molar-refractivity contribution in [2.24, 2.45) is 5.92 Å². The fraction of sp³-hybridized carbons (Fsp3) is 1.00. The Morgan fingerprint density at radius 2 is 1.79 bits per heavy atom. The first-order valence-electron chi connectivity index (χ1n) is 6.10. The van der Waals surface area contributed by atoms with Gasteiger partial charge in [0.15, 0.2) is 0 Å². The maximum Gasteiger partial charge on any atom is 0.00643 e. The molecule has 0 aromatic carbocycles. The minimum atomic E-state index is 0.726. The van der Waals surface area contributed by atoms with Crippen LogP contribution in [0.4, 0.5) is 0 Å². The SMILES string of the molecule is CCNCC(C)CN(CC)C(C)CC. The van der Waals surface area contributed by atoms with E-state index in [0.717, 1.165) is 25.0 Å². The Labute approximate surface area is 90.1 Å². The topological polar surface area (TPSA) is 15.3 Å². The smallest absolute Gasteiger partial charge is 0.00643 e. The van der Waals surface area contributed by atoms with Crippen molar-refractivity contribution in [1.29, 1.82) is 0 Å². The highest BCUT2D eigenvalue weighted by molar-refractivity contribution is 4.68. The molecule has 0 saturated heterocycles. The van der Waals surface area contributed by atoms with Crippen LogP contribution in [0.15, 0.2) is 0 Å². The monoisotopic (exact) mass is 200 g/mol. The van der Waals surface area contributed by atoms with Gasteiger partial charge in [-0.3, -0.25) is 0 Å². The fourth-order valence-electron chi connectivity index (χ4n) is 1.73. The van der Waals surface area contributed by atoms with Crippen LogP contribution >= 0.6 is 0 Å². The molecule has 0 heterocycles. The van der Waals surface area contributed by atoms with E-state index in [1.807, 2.05) is 0 Å². The molecule has 0 aromatic rings. The molecule has 0 aliphatic rings. The van der Waals surface area contributed by atoms with Crippen molar-refractivity contribution in [3.8, 4) is 0 Å². The standard InChI is InChI=1S/C12H28N2/c1-6-12(5)14(8-3)10-11(4)9-13-7-2/h11-13H,6-10H2,1-5H3. The van der Waals surface area contributed by atoms with E-state index in [4.69, 9.17) is 0 Å². The van der Waals surface area contributed by atoms with E-state index in [1.165, 1.54) is 19.5 Å². The molecule has 0 fully saturated rings. The molecule has 0 aliphatic heterocycles. The molecule has 0 aliphatic carbocycles. The maximum absolute atomic E-state index is 3.41. The molecule has 0 amide bonds. The van der Waals surface area contributed by atoms with Gasteiger partial charge in [0.25, 0.3) is 0 Å². The van der Waals surface area contributed by atoms with Gasteiger partial charge in [0.05, 0.1) is 0 Å². The molecule has 0 spiro atoms. The first-order chi connectivity index (χ1) is 6.65. The number of hydrogen-bond donors (Lipinski definition) is 1. The van der Waals surface area contributed by atoms with Crippen LogP contribution in [-0.4, -0.2) is 37.1 Å². The molecule has 2 nitrogen and oxygen atoms in total. The van der Waals surface area contributed by atoms with Gasteiger partial charge in [-0.05, 0) is 38.9 Å². The maximum atomic E-state index is 3.41. The third kappa shape index (κ3) is 5.61. The normalized spacial score (nSPS) is 15.9. The van der Waals surface area contributed by atoms with Crippen molar-refractivity contribution in [2.45, 2.75) is 47.1 Å². The first kappa shape index (κ1) is 13.9. The van der Waals surface area contributed by atoms with E-state index < -0.39 is 0 Å². The number of nitrogens with one attached hydrogen (secondary N) is 1. The molecule has 0 radical (unpaired) electrons. The van der Waals surface area contributed by atoms with Crippen molar-refractivity contribution in [1.82, 2.24) is 10.2 Å². The summed E-state index contributed by atoms with van der Waals surface area (Å²) in [6.45, 7) is 16.0. The molecular weight excluding hydrogens is 172 g/mol. The lowest BCUT2D eigenvalue weighted by Crippen LogP contribution is -2.38. The Kier molecular flexibility index (Phi) is 8.20. The summed E-state index contributed by atoms with van der Waals surface area (Å²) in [5.74, 6) is 0.754. The van der Waals surface area contributed by atoms with E-state index in [9.17, 15) is 0 Å². The van der Waals surface area contributed by atoms with Gasteiger partial charge in [0.2, 0.25) is 0 Å². The predicted octanol–water partition coefficient (Wildman–Crippen LogP) is 2.35.